The summed E-state index contributed by atoms with van der Waals surface area (Å²) in [6, 6.07) is 5.96. The SMILES string of the molecule is C[C@@H]1COCCN1c1cc(C2(S(C)(=O)=O)CC2)c2ccnc(-c3ccnn3C3CCCCO3)c2n1. The van der Waals surface area contributed by atoms with Crippen molar-refractivity contribution in [3.63, 3.8) is 0 Å². The number of anilines is 1. The molecule has 186 valence electrons. The van der Waals surface area contributed by atoms with Crippen molar-refractivity contribution >= 4 is 26.6 Å². The molecule has 1 unspecified atom stereocenters. The van der Waals surface area contributed by atoms with Crippen LogP contribution in [0.5, 0.6) is 0 Å². The van der Waals surface area contributed by atoms with Gasteiger partial charge in [0.05, 0.1) is 29.7 Å². The molecule has 0 bridgehead atoms. The number of morpholine rings is 1. The van der Waals surface area contributed by atoms with Gasteiger partial charge >= 0.3 is 0 Å². The molecule has 35 heavy (non-hydrogen) atoms. The number of sulfone groups is 1. The summed E-state index contributed by atoms with van der Waals surface area (Å²) in [4.78, 5) is 12.1. The van der Waals surface area contributed by atoms with Gasteiger partial charge in [-0.1, -0.05) is 0 Å². The molecule has 2 atom stereocenters. The molecule has 0 radical (unpaired) electrons. The lowest BCUT2D eigenvalue weighted by Gasteiger charge is -2.35. The third-order valence-corrected chi connectivity index (χ3v) is 9.67. The van der Waals surface area contributed by atoms with Gasteiger partial charge in [0, 0.05) is 37.2 Å². The summed E-state index contributed by atoms with van der Waals surface area (Å²) in [5.41, 5.74) is 3.05. The molecule has 5 heterocycles. The van der Waals surface area contributed by atoms with Gasteiger partial charge in [-0.05, 0) is 62.8 Å². The van der Waals surface area contributed by atoms with Gasteiger partial charge in [0.1, 0.15) is 17.0 Å². The highest BCUT2D eigenvalue weighted by Crippen LogP contribution is 2.55. The Morgan fingerprint density at radius 2 is 2.00 bits per heavy atom. The Kier molecular flexibility index (Phi) is 5.58. The van der Waals surface area contributed by atoms with Crippen molar-refractivity contribution in [2.24, 2.45) is 0 Å². The van der Waals surface area contributed by atoms with Crippen LogP contribution in [0.15, 0.2) is 30.6 Å². The van der Waals surface area contributed by atoms with Gasteiger partial charge in [0.25, 0.3) is 0 Å². The smallest absolute Gasteiger partial charge is 0.157 e. The van der Waals surface area contributed by atoms with Crippen molar-refractivity contribution in [3.05, 3.63) is 36.2 Å². The molecule has 6 rings (SSSR count). The summed E-state index contributed by atoms with van der Waals surface area (Å²) < 4.78 is 38.7. The van der Waals surface area contributed by atoms with Crippen molar-refractivity contribution < 1.29 is 17.9 Å². The average molecular weight is 498 g/mol. The molecule has 3 aliphatic rings. The zero-order chi connectivity index (χ0) is 24.2. The van der Waals surface area contributed by atoms with E-state index in [1.165, 1.54) is 6.26 Å². The van der Waals surface area contributed by atoms with E-state index >= 15 is 0 Å². The zero-order valence-corrected chi connectivity index (χ0v) is 21.0. The monoisotopic (exact) mass is 497 g/mol. The van der Waals surface area contributed by atoms with E-state index in [1.807, 2.05) is 22.9 Å². The van der Waals surface area contributed by atoms with Crippen molar-refractivity contribution in [2.45, 2.75) is 56.0 Å². The zero-order valence-electron chi connectivity index (χ0n) is 20.2. The number of nitrogens with zero attached hydrogens (tertiary/aromatic N) is 5. The average Bonchev–Trinajstić information content (AvgIpc) is 3.55. The van der Waals surface area contributed by atoms with Gasteiger partial charge < -0.3 is 14.4 Å². The van der Waals surface area contributed by atoms with Gasteiger partial charge in [-0.2, -0.15) is 5.10 Å². The number of hydrogen-bond acceptors (Lipinski definition) is 8. The summed E-state index contributed by atoms with van der Waals surface area (Å²) in [6.45, 7) is 4.74. The van der Waals surface area contributed by atoms with Gasteiger partial charge in [0.15, 0.2) is 16.1 Å². The molecule has 1 aliphatic carbocycles. The fourth-order valence-corrected chi connectivity index (χ4v) is 6.93. The Hall–Kier alpha value is -2.56. The maximum atomic E-state index is 13.0. The lowest BCUT2D eigenvalue weighted by Crippen LogP contribution is -2.44. The topological polar surface area (TPSA) is 99.4 Å². The van der Waals surface area contributed by atoms with Gasteiger partial charge in [0.2, 0.25) is 0 Å². The lowest BCUT2D eigenvalue weighted by atomic mass is 10.0. The predicted octanol–water partition coefficient (Wildman–Crippen LogP) is 3.45. The molecule has 0 amide bonds. The molecule has 0 spiro atoms. The van der Waals surface area contributed by atoms with E-state index in [0.29, 0.717) is 50.4 Å². The molecular formula is C25H31N5O4S. The molecule has 9 nitrogen and oxygen atoms in total. The van der Waals surface area contributed by atoms with Crippen LogP contribution < -0.4 is 4.90 Å². The van der Waals surface area contributed by atoms with Crippen LogP contribution in [0.2, 0.25) is 0 Å². The first kappa shape index (κ1) is 22.9. The molecule has 10 heteroatoms. The van der Waals surface area contributed by atoms with E-state index in [4.69, 9.17) is 19.4 Å². The second kappa shape index (κ2) is 8.53. The Bertz CT molecular complexity index is 1360. The van der Waals surface area contributed by atoms with Crippen LogP contribution in [0.1, 0.15) is 50.8 Å². The highest BCUT2D eigenvalue weighted by Gasteiger charge is 2.54. The third kappa shape index (κ3) is 3.82. The molecule has 3 fully saturated rings. The first-order valence-corrected chi connectivity index (χ1v) is 14.3. The normalized spacial score (nSPS) is 24.6. The van der Waals surface area contributed by atoms with Crippen LogP contribution in [0.4, 0.5) is 5.82 Å². The maximum absolute atomic E-state index is 13.0. The predicted molar refractivity (Wildman–Crippen MR) is 133 cm³/mol. The first-order chi connectivity index (χ1) is 16.9. The number of pyridine rings is 2. The van der Waals surface area contributed by atoms with E-state index in [9.17, 15) is 8.42 Å². The number of fused-ring (bicyclic) bond motifs is 1. The molecule has 3 aromatic rings. The van der Waals surface area contributed by atoms with E-state index < -0.39 is 14.6 Å². The Morgan fingerprint density at radius 1 is 1.14 bits per heavy atom. The Balaban J connectivity index is 1.58. The number of rotatable bonds is 5. The van der Waals surface area contributed by atoms with Crippen molar-refractivity contribution in [3.8, 4) is 11.4 Å². The summed E-state index contributed by atoms with van der Waals surface area (Å²) in [6.07, 6.45) is 9.00. The first-order valence-electron chi connectivity index (χ1n) is 12.4. The minimum absolute atomic E-state index is 0.135. The third-order valence-electron chi connectivity index (χ3n) is 7.62. The highest BCUT2D eigenvalue weighted by atomic mass is 32.2. The lowest BCUT2D eigenvalue weighted by molar-refractivity contribution is -0.0383. The number of hydrogen-bond donors (Lipinski definition) is 0. The van der Waals surface area contributed by atoms with Gasteiger partial charge in [-0.3, -0.25) is 4.98 Å². The van der Waals surface area contributed by atoms with Crippen LogP contribution in [-0.4, -0.2) is 66.8 Å². The fourth-order valence-electron chi connectivity index (χ4n) is 5.52. The molecule has 2 saturated heterocycles. The Morgan fingerprint density at radius 3 is 2.71 bits per heavy atom. The second-order valence-corrected chi connectivity index (χ2v) is 12.3. The van der Waals surface area contributed by atoms with E-state index in [-0.39, 0.29) is 12.3 Å². The highest BCUT2D eigenvalue weighted by molar-refractivity contribution is 7.92. The molecule has 3 aromatic heterocycles. The minimum atomic E-state index is -3.32. The quantitative estimate of drug-likeness (QED) is 0.529. The minimum Gasteiger partial charge on any atom is -0.377 e. The largest absolute Gasteiger partial charge is 0.377 e. The molecule has 2 aliphatic heterocycles. The van der Waals surface area contributed by atoms with Crippen LogP contribution in [-0.2, 0) is 24.1 Å². The summed E-state index contributed by atoms with van der Waals surface area (Å²) in [7, 11) is -3.32. The number of aromatic nitrogens is 4. The van der Waals surface area contributed by atoms with Crippen LogP contribution in [0.25, 0.3) is 22.3 Å². The van der Waals surface area contributed by atoms with Crippen LogP contribution >= 0.6 is 0 Å². The summed E-state index contributed by atoms with van der Waals surface area (Å²) in [5, 5.41) is 5.40. The van der Waals surface area contributed by atoms with Crippen molar-refractivity contribution in [1.82, 2.24) is 19.7 Å². The summed E-state index contributed by atoms with van der Waals surface area (Å²) in [5.74, 6) is 0.771. The van der Waals surface area contributed by atoms with Gasteiger partial charge in [-0.15, -0.1) is 0 Å². The molecular weight excluding hydrogens is 466 g/mol. The molecule has 1 saturated carbocycles. The van der Waals surface area contributed by atoms with E-state index in [2.05, 4.69) is 16.9 Å². The van der Waals surface area contributed by atoms with Gasteiger partial charge in [-0.25, -0.2) is 18.1 Å². The standard InChI is InChI=1S/C25H31N5O4S/c1-17-16-33-14-12-29(17)21-15-19(25(8-9-25)35(2,31)32)18-6-10-26-24(23(18)28-21)20-7-11-27-30(20)22-5-3-4-13-34-22/h6-7,10-11,15,17,22H,3-5,8-9,12-14,16H2,1-2H3/t17-,22?/m1/s1. The van der Waals surface area contributed by atoms with Crippen molar-refractivity contribution in [2.75, 3.05) is 37.5 Å². The fraction of sp³-hybridized carbons (Fsp3) is 0.560. The maximum Gasteiger partial charge on any atom is 0.157 e. The molecule has 0 aromatic carbocycles. The van der Waals surface area contributed by atoms with E-state index in [0.717, 1.165) is 41.7 Å². The second-order valence-electron chi connectivity index (χ2n) is 9.95. The van der Waals surface area contributed by atoms with Crippen LogP contribution in [0, 0.1) is 0 Å². The van der Waals surface area contributed by atoms with Crippen molar-refractivity contribution in [1.29, 1.82) is 0 Å². The Labute approximate surface area is 205 Å². The van der Waals surface area contributed by atoms with E-state index in [1.54, 1.807) is 12.4 Å². The number of ether oxygens (including phenoxy) is 2. The summed E-state index contributed by atoms with van der Waals surface area (Å²) >= 11 is 0. The van der Waals surface area contributed by atoms with Crippen LogP contribution in [0.3, 0.4) is 0 Å². The molecule has 0 N–H and O–H groups in total.